The van der Waals surface area contributed by atoms with Crippen LogP contribution in [-0.2, 0) is 14.8 Å². The number of nitrogens with zero attached hydrogens (tertiary/aromatic N) is 2. The Morgan fingerprint density at radius 3 is 2.48 bits per heavy atom. The standard InChI is InChI=1S/C14H27N3O3S/c1-21(19,20)17-11-3-2-6-13(17)7-8-15-14(18)12-16-9-4-5-10-16/h13H,2-12H2,1H3,(H,15,18). The summed E-state index contributed by atoms with van der Waals surface area (Å²) in [5, 5.41) is 2.93. The number of carbonyl (C=O) groups excluding carboxylic acids is 1. The first-order valence-corrected chi connectivity index (χ1v) is 9.77. The molecule has 0 aliphatic carbocycles. The van der Waals surface area contributed by atoms with Gasteiger partial charge < -0.3 is 5.32 Å². The van der Waals surface area contributed by atoms with Gasteiger partial charge in [0.05, 0.1) is 12.8 Å². The Morgan fingerprint density at radius 2 is 1.81 bits per heavy atom. The summed E-state index contributed by atoms with van der Waals surface area (Å²) >= 11 is 0. The Morgan fingerprint density at radius 1 is 1.14 bits per heavy atom. The summed E-state index contributed by atoms with van der Waals surface area (Å²) in [5.41, 5.74) is 0. The van der Waals surface area contributed by atoms with Crippen molar-refractivity contribution in [2.75, 3.05) is 39.0 Å². The van der Waals surface area contributed by atoms with Crippen LogP contribution in [0.3, 0.4) is 0 Å². The van der Waals surface area contributed by atoms with Crippen molar-refractivity contribution in [2.24, 2.45) is 0 Å². The van der Waals surface area contributed by atoms with Crippen LogP contribution in [0.4, 0.5) is 0 Å². The maximum atomic E-state index is 11.8. The molecule has 2 fully saturated rings. The molecule has 1 N–H and O–H groups in total. The van der Waals surface area contributed by atoms with Crippen molar-refractivity contribution >= 4 is 15.9 Å². The highest BCUT2D eigenvalue weighted by Crippen LogP contribution is 2.21. The minimum atomic E-state index is -3.13. The molecule has 0 spiro atoms. The number of amides is 1. The van der Waals surface area contributed by atoms with Crippen LogP contribution in [0.25, 0.3) is 0 Å². The van der Waals surface area contributed by atoms with Crippen molar-refractivity contribution in [3.05, 3.63) is 0 Å². The fourth-order valence-corrected chi connectivity index (χ4v) is 4.49. The maximum Gasteiger partial charge on any atom is 0.234 e. The molecule has 2 saturated heterocycles. The van der Waals surface area contributed by atoms with Crippen LogP contribution in [0.2, 0.25) is 0 Å². The molecule has 2 aliphatic heterocycles. The summed E-state index contributed by atoms with van der Waals surface area (Å²) in [7, 11) is -3.13. The zero-order valence-corrected chi connectivity index (χ0v) is 13.7. The van der Waals surface area contributed by atoms with Crippen molar-refractivity contribution in [1.29, 1.82) is 0 Å². The highest BCUT2D eigenvalue weighted by atomic mass is 32.2. The molecule has 0 bridgehead atoms. The lowest BCUT2D eigenvalue weighted by atomic mass is 10.0. The molecule has 0 aromatic rings. The van der Waals surface area contributed by atoms with E-state index in [0.29, 0.717) is 26.1 Å². The van der Waals surface area contributed by atoms with E-state index < -0.39 is 10.0 Å². The van der Waals surface area contributed by atoms with Gasteiger partial charge in [-0.25, -0.2) is 8.42 Å². The lowest BCUT2D eigenvalue weighted by Crippen LogP contribution is -2.45. The van der Waals surface area contributed by atoms with Crippen molar-refractivity contribution in [2.45, 2.75) is 44.6 Å². The number of carbonyl (C=O) groups is 1. The maximum absolute atomic E-state index is 11.8. The van der Waals surface area contributed by atoms with Gasteiger partial charge in [-0.1, -0.05) is 6.42 Å². The van der Waals surface area contributed by atoms with Gasteiger partial charge in [0.25, 0.3) is 0 Å². The van der Waals surface area contributed by atoms with Gasteiger partial charge in [0.15, 0.2) is 0 Å². The van der Waals surface area contributed by atoms with Crippen LogP contribution < -0.4 is 5.32 Å². The fourth-order valence-electron chi connectivity index (χ4n) is 3.28. The average Bonchev–Trinajstić information content (AvgIpc) is 2.91. The summed E-state index contributed by atoms with van der Waals surface area (Å²) in [6.07, 6.45) is 7.24. The first-order chi connectivity index (χ1) is 9.97. The number of hydrogen-bond donors (Lipinski definition) is 1. The Balaban J connectivity index is 1.72. The van der Waals surface area contributed by atoms with Gasteiger partial charge in [0.2, 0.25) is 15.9 Å². The second-order valence-corrected chi connectivity index (χ2v) is 8.08. The molecule has 2 rings (SSSR count). The third-order valence-corrected chi connectivity index (χ3v) is 5.70. The number of piperidine rings is 1. The molecule has 0 aromatic carbocycles. The zero-order chi connectivity index (χ0) is 15.3. The highest BCUT2D eigenvalue weighted by Gasteiger charge is 2.28. The van der Waals surface area contributed by atoms with Gasteiger partial charge in [-0.05, 0) is 45.2 Å². The lowest BCUT2D eigenvalue weighted by Gasteiger charge is -2.33. The SMILES string of the molecule is CS(=O)(=O)N1CCCCC1CCNC(=O)CN1CCCC1. The molecule has 1 atom stereocenters. The van der Waals surface area contributed by atoms with Crippen LogP contribution in [0, 0.1) is 0 Å². The largest absolute Gasteiger partial charge is 0.355 e. The third-order valence-electron chi connectivity index (χ3n) is 4.36. The minimum Gasteiger partial charge on any atom is -0.355 e. The van der Waals surface area contributed by atoms with E-state index in [9.17, 15) is 13.2 Å². The summed E-state index contributed by atoms with van der Waals surface area (Å²) in [4.78, 5) is 14.0. The normalized spacial score (nSPS) is 25.1. The summed E-state index contributed by atoms with van der Waals surface area (Å²) in [5.74, 6) is 0.0543. The number of rotatable bonds is 6. The summed E-state index contributed by atoms with van der Waals surface area (Å²) in [6.45, 7) is 3.67. The van der Waals surface area contributed by atoms with Crippen molar-refractivity contribution in [3.63, 3.8) is 0 Å². The van der Waals surface area contributed by atoms with E-state index in [1.807, 2.05) is 0 Å². The Kier molecular flexibility index (Phi) is 6.01. The number of hydrogen-bond acceptors (Lipinski definition) is 4. The summed E-state index contributed by atoms with van der Waals surface area (Å²) in [6, 6.07) is 0.0424. The summed E-state index contributed by atoms with van der Waals surface area (Å²) < 4.78 is 25.1. The molecule has 122 valence electrons. The van der Waals surface area contributed by atoms with Gasteiger partial charge >= 0.3 is 0 Å². The Bertz CT molecular complexity index is 446. The molecular weight excluding hydrogens is 290 g/mol. The van der Waals surface area contributed by atoms with E-state index in [1.165, 1.54) is 19.1 Å². The lowest BCUT2D eigenvalue weighted by molar-refractivity contribution is -0.122. The van der Waals surface area contributed by atoms with E-state index >= 15 is 0 Å². The molecule has 0 aromatic heterocycles. The second kappa shape index (κ2) is 7.56. The van der Waals surface area contributed by atoms with E-state index in [0.717, 1.165) is 32.4 Å². The monoisotopic (exact) mass is 317 g/mol. The van der Waals surface area contributed by atoms with Crippen LogP contribution in [0.15, 0.2) is 0 Å². The molecule has 2 heterocycles. The topological polar surface area (TPSA) is 69.7 Å². The predicted molar refractivity (Wildman–Crippen MR) is 82.5 cm³/mol. The molecule has 7 heteroatoms. The highest BCUT2D eigenvalue weighted by molar-refractivity contribution is 7.88. The van der Waals surface area contributed by atoms with Crippen LogP contribution in [0.5, 0.6) is 0 Å². The molecule has 0 saturated carbocycles. The second-order valence-electron chi connectivity index (χ2n) is 6.15. The van der Waals surface area contributed by atoms with Crippen molar-refractivity contribution < 1.29 is 13.2 Å². The number of sulfonamides is 1. The van der Waals surface area contributed by atoms with Crippen LogP contribution in [0.1, 0.15) is 38.5 Å². The zero-order valence-electron chi connectivity index (χ0n) is 12.9. The molecule has 1 unspecified atom stereocenters. The van der Waals surface area contributed by atoms with E-state index in [4.69, 9.17) is 0 Å². The van der Waals surface area contributed by atoms with E-state index in [1.54, 1.807) is 4.31 Å². The molecule has 6 nitrogen and oxygen atoms in total. The molecule has 2 aliphatic rings. The van der Waals surface area contributed by atoms with Crippen LogP contribution in [-0.4, -0.2) is 68.6 Å². The van der Waals surface area contributed by atoms with Gasteiger partial charge in [0.1, 0.15) is 0 Å². The average molecular weight is 317 g/mol. The number of likely N-dealkylation sites (tertiary alicyclic amines) is 1. The van der Waals surface area contributed by atoms with Gasteiger partial charge in [-0.3, -0.25) is 9.69 Å². The van der Waals surface area contributed by atoms with Gasteiger partial charge in [-0.2, -0.15) is 4.31 Å². The molecule has 1 amide bonds. The van der Waals surface area contributed by atoms with Crippen LogP contribution >= 0.6 is 0 Å². The first-order valence-electron chi connectivity index (χ1n) is 7.92. The predicted octanol–water partition coefficient (Wildman–Crippen LogP) is 0.403. The Labute approximate surface area is 127 Å². The smallest absolute Gasteiger partial charge is 0.234 e. The minimum absolute atomic E-state index is 0.0424. The first kappa shape index (κ1) is 16.7. The van der Waals surface area contributed by atoms with Gasteiger partial charge in [-0.15, -0.1) is 0 Å². The fraction of sp³-hybridized carbons (Fsp3) is 0.929. The molecule has 21 heavy (non-hydrogen) atoms. The van der Waals surface area contributed by atoms with Crippen molar-refractivity contribution in [3.8, 4) is 0 Å². The van der Waals surface area contributed by atoms with Gasteiger partial charge in [0, 0.05) is 19.1 Å². The van der Waals surface area contributed by atoms with E-state index in [-0.39, 0.29) is 11.9 Å². The Hall–Kier alpha value is -0.660. The third kappa shape index (κ3) is 5.23. The van der Waals surface area contributed by atoms with Crippen molar-refractivity contribution in [1.82, 2.24) is 14.5 Å². The number of nitrogens with one attached hydrogen (secondary N) is 1. The van der Waals surface area contributed by atoms with E-state index in [2.05, 4.69) is 10.2 Å². The molecular formula is C14H27N3O3S. The quantitative estimate of drug-likeness (QED) is 0.770. The molecule has 0 radical (unpaired) electrons.